The van der Waals surface area contributed by atoms with E-state index in [4.69, 9.17) is 4.74 Å². The van der Waals surface area contributed by atoms with E-state index in [1.165, 1.54) is 12.7 Å². The number of aryl methyl sites for hydroxylation is 1. The number of hydrogen-bond donors (Lipinski definition) is 1. The lowest BCUT2D eigenvalue weighted by Gasteiger charge is -2.28. The molecule has 1 N–H and O–H groups in total. The van der Waals surface area contributed by atoms with E-state index < -0.39 is 0 Å². The number of hydrogen-bond acceptors (Lipinski definition) is 3. The van der Waals surface area contributed by atoms with Crippen molar-refractivity contribution in [3.05, 3.63) is 76.4 Å². The van der Waals surface area contributed by atoms with Gasteiger partial charge in [0.25, 0.3) is 0 Å². The molecule has 2 aromatic carbocycles. The van der Waals surface area contributed by atoms with Crippen molar-refractivity contribution in [2.24, 2.45) is 0 Å². The minimum Gasteiger partial charge on any atom is -0.453 e. The van der Waals surface area contributed by atoms with Gasteiger partial charge in [0.2, 0.25) is 5.91 Å². The summed E-state index contributed by atoms with van der Waals surface area (Å²) in [7, 11) is 1.40. The second-order valence-electron chi connectivity index (χ2n) is 7.09. The van der Waals surface area contributed by atoms with Gasteiger partial charge in [0.1, 0.15) is 0 Å². The quantitative estimate of drug-likeness (QED) is 0.818. The maximum absolute atomic E-state index is 12.3. The number of nitrogens with one attached hydrogen (secondary N) is 1. The molecule has 2 aromatic rings. The normalized spacial score (nSPS) is 14.5. The Kier molecular flexibility index (Phi) is 6.14. The molecule has 1 atom stereocenters. The molecule has 1 aliphatic heterocycles. The number of fused-ring (bicyclic) bond motifs is 1. The van der Waals surface area contributed by atoms with Gasteiger partial charge in [-0.15, -0.1) is 0 Å². The van der Waals surface area contributed by atoms with Crippen molar-refractivity contribution in [2.75, 3.05) is 13.7 Å². The van der Waals surface area contributed by atoms with Crippen LogP contribution in [0, 0.1) is 6.92 Å². The van der Waals surface area contributed by atoms with Crippen LogP contribution in [0.4, 0.5) is 4.79 Å². The third-order valence-electron chi connectivity index (χ3n) is 5.14. The summed E-state index contributed by atoms with van der Waals surface area (Å²) in [5.74, 6) is -0.135. The Labute approximate surface area is 166 Å². The molecule has 1 aliphatic rings. The van der Waals surface area contributed by atoms with E-state index in [1.807, 2.05) is 50.3 Å². The second kappa shape index (κ2) is 8.74. The lowest BCUT2D eigenvalue weighted by atomic mass is 9.95. The van der Waals surface area contributed by atoms with Crippen LogP contribution >= 0.6 is 0 Å². The van der Waals surface area contributed by atoms with Gasteiger partial charge in [0.05, 0.1) is 13.2 Å². The van der Waals surface area contributed by atoms with Gasteiger partial charge in [-0.05, 0) is 54.2 Å². The van der Waals surface area contributed by atoms with E-state index in [-0.39, 0.29) is 18.0 Å². The number of ether oxygens (including phenoxy) is 1. The van der Waals surface area contributed by atoms with Crippen molar-refractivity contribution in [1.82, 2.24) is 10.2 Å². The molecule has 146 valence electrons. The average molecular weight is 378 g/mol. The van der Waals surface area contributed by atoms with Crippen molar-refractivity contribution in [3.63, 3.8) is 0 Å². The summed E-state index contributed by atoms with van der Waals surface area (Å²) in [5.41, 5.74) is 5.52. The standard InChI is InChI=1S/C23H26N2O3/c1-16-6-4-5-7-18(16)10-11-22(26)24-17(2)20-9-8-19-12-13-25(23(27)28-3)15-21(19)14-20/h4-11,14,17H,12-13,15H2,1-3H3,(H,24,26)/b11-10+. The second-order valence-corrected chi connectivity index (χ2v) is 7.09. The minimum absolute atomic E-state index is 0.132. The van der Waals surface area contributed by atoms with Gasteiger partial charge in [0.15, 0.2) is 0 Å². The number of rotatable bonds is 4. The zero-order chi connectivity index (χ0) is 20.1. The Balaban J connectivity index is 1.66. The maximum Gasteiger partial charge on any atom is 0.409 e. The first kappa shape index (κ1) is 19.7. The van der Waals surface area contributed by atoms with Gasteiger partial charge >= 0.3 is 6.09 Å². The highest BCUT2D eigenvalue weighted by atomic mass is 16.5. The van der Waals surface area contributed by atoms with Crippen molar-refractivity contribution in [3.8, 4) is 0 Å². The highest BCUT2D eigenvalue weighted by molar-refractivity contribution is 5.92. The van der Waals surface area contributed by atoms with Gasteiger partial charge in [-0.2, -0.15) is 0 Å². The first-order chi connectivity index (χ1) is 13.5. The Hall–Kier alpha value is -3.08. The van der Waals surface area contributed by atoms with Crippen LogP contribution in [-0.2, 0) is 22.5 Å². The average Bonchev–Trinajstić information content (AvgIpc) is 2.71. The fourth-order valence-electron chi connectivity index (χ4n) is 3.42. The van der Waals surface area contributed by atoms with E-state index in [9.17, 15) is 9.59 Å². The van der Waals surface area contributed by atoms with E-state index in [1.54, 1.807) is 11.0 Å². The molecule has 0 radical (unpaired) electrons. The van der Waals surface area contributed by atoms with Crippen molar-refractivity contribution >= 4 is 18.1 Å². The number of carbonyl (C=O) groups excluding carboxylic acids is 2. The van der Waals surface area contributed by atoms with Crippen LogP contribution in [-0.4, -0.2) is 30.6 Å². The summed E-state index contributed by atoms with van der Waals surface area (Å²) in [4.78, 5) is 25.8. The number of benzene rings is 2. The van der Waals surface area contributed by atoms with E-state index in [2.05, 4.69) is 17.4 Å². The number of amides is 2. The first-order valence-electron chi connectivity index (χ1n) is 9.46. The molecule has 0 aliphatic carbocycles. The van der Waals surface area contributed by atoms with Crippen LogP contribution in [0.5, 0.6) is 0 Å². The third kappa shape index (κ3) is 4.60. The summed E-state index contributed by atoms with van der Waals surface area (Å²) in [6.07, 6.45) is 3.90. The maximum atomic E-state index is 12.3. The van der Waals surface area contributed by atoms with Crippen LogP contribution < -0.4 is 5.32 Å². The molecule has 3 rings (SSSR count). The van der Waals surface area contributed by atoms with E-state index >= 15 is 0 Å². The SMILES string of the molecule is COC(=O)N1CCc2ccc(C(C)NC(=O)/C=C/c3ccccc3C)cc2C1. The van der Waals surface area contributed by atoms with Gasteiger partial charge in [-0.1, -0.05) is 42.5 Å². The Morgan fingerprint density at radius 1 is 1.18 bits per heavy atom. The van der Waals surface area contributed by atoms with Crippen LogP contribution in [0.15, 0.2) is 48.5 Å². The minimum atomic E-state index is -0.307. The topological polar surface area (TPSA) is 58.6 Å². The molecule has 0 fully saturated rings. The van der Waals surface area contributed by atoms with Crippen molar-refractivity contribution in [2.45, 2.75) is 32.9 Å². The molecule has 5 heteroatoms. The Bertz CT molecular complexity index is 904. The molecular weight excluding hydrogens is 352 g/mol. The molecule has 0 saturated heterocycles. The number of nitrogens with zero attached hydrogens (tertiary/aromatic N) is 1. The monoisotopic (exact) mass is 378 g/mol. The highest BCUT2D eigenvalue weighted by Crippen LogP contribution is 2.24. The molecule has 28 heavy (non-hydrogen) atoms. The molecule has 1 unspecified atom stereocenters. The van der Waals surface area contributed by atoms with Gasteiger partial charge in [-0.3, -0.25) is 4.79 Å². The molecule has 0 spiro atoms. The zero-order valence-corrected chi connectivity index (χ0v) is 16.6. The molecule has 1 heterocycles. The summed E-state index contributed by atoms with van der Waals surface area (Å²) >= 11 is 0. The van der Waals surface area contributed by atoms with Crippen molar-refractivity contribution in [1.29, 1.82) is 0 Å². The molecule has 0 aromatic heterocycles. The predicted octanol–water partition coefficient (Wildman–Crippen LogP) is 4.01. The fourth-order valence-corrected chi connectivity index (χ4v) is 3.42. The van der Waals surface area contributed by atoms with Crippen LogP contribution in [0.2, 0.25) is 0 Å². The highest BCUT2D eigenvalue weighted by Gasteiger charge is 2.22. The summed E-state index contributed by atoms with van der Waals surface area (Å²) in [6.45, 7) is 5.17. The van der Waals surface area contributed by atoms with Crippen LogP contribution in [0.1, 0.15) is 40.8 Å². The predicted molar refractivity (Wildman–Crippen MR) is 110 cm³/mol. The lowest BCUT2D eigenvalue weighted by molar-refractivity contribution is -0.117. The number of methoxy groups -OCH3 is 1. The first-order valence-corrected chi connectivity index (χ1v) is 9.46. The largest absolute Gasteiger partial charge is 0.453 e. The summed E-state index contributed by atoms with van der Waals surface area (Å²) in [5, 5.41) is 3.01. The smallest absolute Gasteiger partial charge is 0.409 e. The third-order valence-corrected chi connectivity index (χ3v) is 5.14. The van der Waals surface area contributed by atoms with Gasteiger partial charge < -0.3 is 15.0 Å². The van der Waals surface area contributed by atoms with Gasteiger partial charge in [-0.25, -0.2) is 4.79 Å². The van der Waals surface area contributed by atoms with E-state index in [0.717, 1.165) is 28.7 Å². The zero-order valence-electron chi connectivity index (χ0n) is 16.6. The van der Waals surface area contributed by atoms with Crippen LogP contribution in [0.25, 0.3) is 6.08 Å². The van der Waals surface area contributed by atoms with Crippen molar-refractivity contribution < 1.29 is 14.3 Å². The molecule has 0 saturated carbocycles. The molecular formula is C23H26N2O3. The fraction of sp³-hybridized carbons (Fsp3) is 0.304. The summed E-state index contributed by atoms with van der Waals surface area (Å²) < 4.78 is 4.83. The molecule has 2 amide bonds. The Morgan fingerprint density at radius 2 is 1.96 bits per heavy atom. The Morgan fingerprint density at radius 3 is 2.71 bits per heavy atom. The van der Waals surface area contributed by atoms with E-state index in [0.29, 0.717) is 13.1 Å². The molecule has 5 nitrogen and oxygen atoms in total. The summed E-state index contributed by atoms with van der Waals surface area (Å²) in [6, 6.07) is 14.0. The van der Waals surface area contributed by atoms with Gasteiger partial charge in [0, 0.05) is 19.2 Å². The molecule has 0 bridgehead atoms. The number of carbonyl (C=O) groups is 2. The van der Waals surface area contributed by atoms with Crippen LogP contribution in [0.3, 0.4) is 0 Å². The lowest BCUT2D eigenvalue weighted by Crippen LogP contribution is -2.36.